The van der Waals surface area contributed by atoms with E-state index in [1.807, 2.05) is 35.7 Å². The molecule has 0 unspecified atom stereocenters. The summed E-state index contributed by atoms with van der Waals surface area (Å²) in [5.41, 5.74) is 1.80. The number of hydrogen-bond donors (Lipinski definition) is 2. The normalized spacial score (nSPS) is 11.7. The largest absolute Gasteiger partial charge is 0.357 e. The SMILES string of the molecule is CCNC(=NCc1ccc(F)cc1)NCCc1nnc2ccccn12. The number of halogens is 1. The molecule has 0 bridgehead atoms. The van der Waals surface area contributed by atoms with Crippen LogP contribution >= 0.6 is 0 Å². The molecule has 130 valence electrons. The van der Waals surface area contributed by atoms with Gasteiger partial charge in [0.1, 0.15) is 11.6 Å². The van der Waals surface area contributed by atoms with E-state index in [4.69, 9.17) is 0 Å². The summed E-state index contributed by atoms with van der Waals surface area (Å²) in [5.74, 6) is 1.39. The minimum Gasteiger partial charge on any atom is -0.357 e. The van der Waals surface area contributed by atoms with E-state index in [0.717, 1.165) is 36.0 Å². The third-order valence-electron chi connectivity index (χ3n) is 3.70. The molecule has 2 aromatic heterocycles. The van der Waals surface area contributed by atoms with E-state index in [0.29, 0.717) is 13.1 Å². The van der Waals surface area contributed by atoms with Gasteiger partial charge >= 0.3 is 0 Å². The Labute approximate surface area is 145 Å². The van der Waals surface area contributed by atoms with Gasteiger partial charge in [-0.1, -0.05) is 18.2 Å². The van der Waals surface area contributed by atoms with Crippen LogP contribution in [0.4, 0.5) is 4.39 Å². The maximum atomic E-state index is 12.9. The lowest BCUT2D eigenvalue weighted by atomic mass is 10.2. The first-order valence-electron chi connectivity index (χ1n) is 8.31. The highest BCUT2D eigenvalue weighted by Crippen LogP contribution is 2.04. The highest BCUT2D eigenvalue weighted by molar-refractivity contribution is 5.79. The number of aliphatic imine (C=N–C) groups is 1. The van der Waals surface area contributed by atoms with E-state index < -0.39 is 0 Å². The molecule has 1 aromatic carbocycles. The Morgan fingerprint density at radius 3 is 2.76 bits per heavy atom. The summed E-state index contributed by atoms with van der Waals surface area (Å²) in [4.78, 5) is 4.52. The first-order chi connectivity index (χ1) is 12.3. The second-order valence-electron chi connectivity index (χ2n) is 5.54. The summed E-state index contributed by atoms with van der Waals surface area (Å²) in [6.45, 7) is 3.96. The molecule has 7 heteroatoms. The van der Waals surface area contributed by atoms with E-state index in [1.165, 1.54) is 12.1 Å². The predicted octanol–water partition coefficient (Wildman–Crippen LogP) is 2.17. The first kappa shape index (κ1) is 16.9. The van der Waals surface area contributed by atoms with Gasteiger partial charge in [-0.25, -0.2) is 9.38 Å². The number of nitrogens with one attached hydrogen (secondary N) is 2. The Hall–Kier alpha value is -2.96. The molecule has 0 aliphatic carbocycles. The van der Waals surface area contributed by atoms with Gasteiger partial charge in [0.2, 0.25) is 0 Å². The van der Waals surface area contributed by atoms with Crippen molar-refractivity contribution in [1.82, 2.24) is 25.2 Å². The van der Waals surface area contributed by atoms with Gasteiger partial charge < -0.3 is 10.6 Å². The number of aromatic nitrogens is 3. The number of fused-ring (bicyclic) bond motifs is 1. The molecule has 0 spiro atoms. The molecule has 6 nitrogen and oxygen atoms in total. The molecule has 25 heavy (non-hydrogen) atoms. The second-order valence-corrected chi connectivity index (χ2v) is 5.54. The van der Waals surface area contributed by atoms with Gasteiger partial charge in [0, 0.05) is 25.7 Å². The van der Waals surface area contributed by atoms with E-state index in [9.17, 15) is 4.39 Å². The van der Waals surface area contributed by atoms with Crippen molar-refractivity contribution in [1.29, 1.82) is 0 Å². The zero-order valence-electron chi connectivity index (χ0n) is 14.1. The smallest absolute Gasteiger partial charge is 0.191 e. The first-order valence-corrected chi connectivity index (χ1v) is 8.31. The summed E-state index contributed by atoms with van der Waals surface area (Å²) in [5, 5.41) is 14.9. The Balaban J connectivity index is 1.58. The Kier molecular flexibility index (Phi) is 5.56. The van der Waals surface area contributed by atoms with Gasteiger partial charge in [-0.2, -0.15) is 0 Å². The Morgan fingerprint density at radius 2 is 1.96 bits per heavy atom. The Morgan fingerprint density at radius 1 is 1.12 bits per heavy atom. The van der Waals surface area contributed by atoms with E-state index in [-0.39, 0.29) is 5.82 Å². The second kappa shape index (κ2) is 8.23. The summed E-state index contributed by atoms with van der Waals surface area (Å²) >= 11 is 0. The van der Waals surface area contributed by atoms with Gasteiger partial charge in [0.15, 0.2) is 11.6 Å². The molecular weight excluding hydrogens is 319 g/mol. The number of guanidine groups is 1. The van der Waals surface area contributed by atoms with Crippen LogP contribution in [0.15, 0.2) is 53.7 Å². The maximum absolute atomic E-state index is 12.9. The van der Waals surface area contributed by atoms with Crippen LogP contribution < -0.4 is 10.6 Å². The zero-order valence-corrected chi connectivity index (χ0v) is 14.1. The summed E-state index contributed by atoms with van der Waals surface area (Å²) in [6.07, 6.45) is 2.69. The van der Waals surface area contributed by atoms with Crippen LogP contribution in [0.25, 0.3) is 5.65 Å². The molecule has 0 saturated carbocycles. The molecule has 0 aliphatic rings. The van der Waals surface area contributed by atoms with E-state index in [2.05, 4.69) is 25.8 Å². The lowest BCUT2D eigenvalue weighted by molar-refractivity contribution is 0.627. The molecule has 0 saturated heterocycles. The number of pyridine rings is 1. The summed E-state index contributed by atoms with van der Waals surface area (Å²) in [7, 11) is 0. The summed E-state index contributed by atoms with van der Waals surface area (Å²) in [6, 6.07) is 12.2. The zero-order chi connectivity index (χ0) is 17.5. The van der Waals surface area contributed by atoms with Crippen molar-refractivity contribution in [2.75, 3.05) is 13.1 Å². The number of hydrogen-bond acceptors (Lipinski definition) is 3. The molecule has 3 rings (SSSR count). The van der Waals surface area contributed by atoms with Gasteiger partial charge in [0.05, 0.1) is 6.54 Å². The Bertz CT molecular complexity index is 840. The monoisotopic (exact) mass is 340 g/mol. The number of benzene rings is 1. The van der Waals surface area contributed by atoms with Gasteiger partial charge in [-0.3, -0.25) is 4.40 Å². The summed E-state index contributed by atoms with van der Waals surface area (Å²) < 4.78 is 14.9. The highest BCUT2D eigenvalue weighted by Gasteiger charge is 2.05. The number of nitrogens with zero attached hydrogens (tertiary/aromatic N) is 4. The molecule has 0 aliphatic heterocycles. The highest BCUT2D eigenvalue weighted by atomic mass is 19.1. The average molecular weight is 340 g/mol. The van der Waals surface area contributed by atoms with Crippen molar-refractivity contribution >= 4 is 11.6 Å². The fourth-order valence-electron chi connectivity index (χ4n) is 2.46. The van der Waals surface area contributed by atoms with Crippen LogP contribution in [0.2, 0.25) is 0 Å². The van der Waals surface area contributed by atoms with Gasteiger partial charge in [0.25, 0.3) is 0 Å². The van der Waals surface area contributed by atoms with Crippen molar-refractivity contribution in [2.24, 2.45) is 4.99 Å². The van der Waals surface area contributed by atoms with Crippen molar-refractivity contribution in [3.8, 4) is 0 Å². The third kappa shape index (κ3) is 4.53. The van der Waals surface area contributed by atoms with E-state index >= 15 is 0 Å². The standard InChI is InChI=1S/C18H21FN6/c1-2-20-18(22-13-14-6-8-15(19)9-7-14)21-11-10-17-24-23-16-5-3-4-12-25(16)17/h3-9,12H,2,10-11,13H2,1H3,(H2,20,21,22). The van der Waals surface area contributed by atoms with Crippen LogP contribution in [0.1, 0.15) is 18.3 Å². The van der Waals surface area contributed by atoms with Crippen molar-refractivity contribution in [2.45, 2.75) is 19.9 Å². The van der Waals surface area contributed by atoms with Crippen LogP contribution in [-0.4, -0.2) is 33.6 Å². The predicted molar refractivity (Wildman–Crippen MR) is 95.9 cm³/mol. The third-order valence-corrected chi connectivity index (χ3v) is 3.70. The molecule has 0 amide bonds. The average Bonchev–Trinajstić information content (AvgIpc) is 3.04. The molecule has 0 fully saturated rings. The quantitative estimate of drug-likeness (QED) is 0.533. The van der Waals surface area contributed by atoms with Crippen molar-refractivity contribution < 1.29 is 4.39 Å². The van der Waals surface area contributed by atoms with Crippen LogP contribution in [0, 0.1) is 5.82 Å². The van der Waals surface area contributed by atoms with Crippen molar-refractivity contribution in [3.05, 3.63) is 65.9 Å². The maximum Gasteiger partial charge on any atom is 0.191 e. The minimum atomic E-state index is -0.238. The fourth-order valence-corrected chi connectivity index (χ4v) is 2.46. The molecule has 3 aromatic rings. The van der Waals surface area contributed by atoms with Crippen LogP contribution in [-0.2, 0) is 13.0 Å². The van der Waals surface area contributed by atoms with Gasteiger partial charge in [-0.15, -0.1) is 10.2 Å². The lowest BCUT2D eigenvalue weighted by Crippen LogP contribution is -2.38. The van der Waals surface area contributed by atoms with Gasteiger partial charge in [-0.05, 0) is 36.8 Å². The van der Waals surface area contributed by atoms with Crippen LogP contribution in [0.3, 0.4) is 0 Å². The number of rotatable bonds is 6. The fraction of sp³-hybridized carbons (Fsp3) is 0.278. The molecular formula is C18H21FN6. The minimum absolute atomic E-state index is 0.238. The molecule has 0 atom stereocenters. The molecule has 0 radical (unpaired) electrons. The lowest BCUT2D eigenvalue weighted by Gasteiger charge is -2.11. The topological polar surface area (TPSA) is 66.6 Å². The van der Waals surface area contributed by atoms with Crippen LogP contribution in [0.5, 0.6) is 0 Å². The molecule has 2 N–H and O–H groups in total. The van der Waals surface area contributed by atoms with E-state index in [1.54, 1.807) is 12.1 Å². The molecule has 2 heterocycles. The van der Waals surface area contributed by atoms with Crippen molar-refractivity contribution in [3.63, 3.8) is 0 Å².